The molecule has 0 saturated heterocycles. The molecule has 1 fully saturated rings. The Bertz CT molecular complexity index is 736. The Kier molecular flexibility index (Phi) is 7.79. The summed E-state index contributed by atoms with van der Waals surface area (Å²) in [6.45, 7) is 3.11. The largest absolute Gasteiger partial charge is 0.452 e. The zero-order chi connectivity index (χ0) is 19.9. The first-order chi connectivity index (χ1) is 12.8. The summed E-state index contributed by atoms with van der Waals surface area (Å²) in [7, 11) is -3.61. The van der Waals surface area contributed by atoms with Crippen molar-refractivity contribution in [2.45, 2.75) is 69.4 Å². The molecule has 2 N–H and O–H groups in total. The summed E-state index contributed by atoms with van der Waals surface area (Å²) in [6, 6.07) is 5.35. The van der Waals surface area contributed by atoms with Crippen LogP contribution in [0.25, 0.3) is 0 Å². The highest BCUT2D eigenvalue weighted by atomic mass is 32.2. The predicted molar refractivity (Wildman–Crippen MR) is 102 cm³/mol. The maximum Gasteiger partial charge on any atom is 0.338 e. The second-order valence-corrected chi connectivity index (χ2v) is 8.85. The van der Waals surface area contributed by atoms with Crippen molar-refractivity contribution >= 4 is 21.9 Å². The van der Waals surface area contributed by atoms with Gasteiger partial charge < -0.3 is 10.1 Å². The van der Waals surface area contributed by atoms with E-state index in [9.17, 15) is 18.0 Å². The van der Waals surface area contributed by atoms with Gasteiger partial charge in [0.05, 0.1) is 10.5 Å². The van der Waals surface area contributed by atoms with Gasteiger partial charge in [0.15, 0.2) is 6.61 Å². The van der Waals surface area contributed by atoms with E-state index in [-0.39, 0.29) is 35.1 Å². The fourth-order valence-electron chi connectivity index (χ4n) is 3.06. The number of carbonyl (C=O) groups excluding carboxylic acids is 2. The Morgan fingerprint density at radius 1 is 1.07 bits per heavy atom. The zero-order valence-electron chi connectivity index (χ0n) is 15.9. The van der Waals surface area contributed by atoms with Gasteiger partial charge in [-0.15, -0.1) is 0 Å². The van der Waals surface area contributed by atoms with Crippen LogP contribution in [0.15, 0.2) is 29.2 Å². The topological polar surface area (TPSA) is 102 Å². The first kappa shape index (κ1) is 21.4. The van der Waals surface area contributed by atoms with Crippen LogP contribution in [-0.2, 0) is 19.6 Å². The number of carbonyl (C=O) groups is 2. The Morgan fingerprint density at radius 3 is 2.22 bits per heavy atom. The fraction of sp³-hybridized carbons (Fsp3) is 0.579. The SMILES string of the molecule is CC(C)NS(=O)(=O)c1ccc(C(=O)OCC(=O)NC2CCCCCC2)cc1. The van der Waals surface area contributed by atoms with Crippen LogP contribution in [0.1, 0.15) is 62.7 Å². The van der Waals surface area contributed by atoms with E-state index in [1.165, 1.54) is 37.1 Å². The third kappa shape index (κ3) is 6.95. The van der Waals surface area contributed by atoms with Gasteiger partial charge in [0.2, 0.25) is 10.0 Å². The predicted octanol–water partition coefficient (Wildman–Crippen LogP) is 2.37. The third-order valence-electron chi connectivity index (χ3n) is 4.35. The fourth-order valence-corrected chi connectivity index (χ4v) is 4.31. The van der Waals surface area contributed by atoms with Gasteiger partial charge in [0.1, 0.15) is 0 Å². The van der Waals surface area contributed by atoms with Gasteiger partial charge in [-0.05, 0) is 51.0 Å². The number of hydrogen-bond acceptors (Lipinski definition) is 5. The number of nitrogens with one attached hydrogen (secondary N) is 2. The Labute approximate surface area is 160 Å². The molecule has 1 amide bonds. The van der Waals surface area contributed by atoms with Crippen LogP contribution in [0.4, 0.5) is 0 Å². The van der Waals surface area contributed by atoms with E-state index in [0.29, 0.717) is 0 Å². The number of benzene rings is 1. The number of hydrogen-bond donors (Lipinski definition) is 2. The van der Waals surface area contributed by atoms with Crippen molar-refractivity contribution in [1.29, 1.82) is 0 Å². The third-order valence-corrected chi connectivity index (χ3v) is 6.02. The van der Waals surface area contributed by atoms with Crippen LogP contribution in [0, 0.1) is 0 Å². The minimum atomic E-state index is -3.61. The van der Waals surface area contributed by atoms with Crippen molar-refractivity contribution in [3.05, 3.63) is 29.8 Å². The number of ether oxygens (including phenoxy) is 1. The van der Waals surface area contributed by atoms with Crippen LogP contribution in [0.5, 0.6) is 0 Å². The van der Waals surface area contributed by atoms with Gasteiger partial charge >= 0.3 is 5.97 Å². The lowest BCUT2D eigenvalue weighted by molar-refractivity contribution is -0.125. The molecule has 7 nitrogen and oxygen atoms in total. The number of rotatable bonds is 7. The van der Waals surface area contributed by atoms with Crippen LogP contribution in [-0.4, -0.2) is 39.0 Å². The van der Waals surface area contributed by atoms with Crippen molar-refractivity contribution in [2.24, 2.45) is 0 Å². The molecule has 8 heteroatoms. The molecular weight excluding hydrogens is 368 g/mol. The number of sulfonamides is 1. The number of esters is 1. The molecule has 0 heterocycles. The highest BCUT2D eigenvalue weighted by Gasteiger charge is 2.18. The first-order valence-electron chi connectivity index (χ1n) is 9.37. The van der Waals surface area contributed by atoms with Crippen molar-refractivity contribution in [3.8, 4) is 0 Å². The molecule has 0 aromatic heterocycles. The molecule has 1 aromatic rings. The summed E-state index contributed by atoms with van der Waals surface area (Å²) in [5, 5.41) is 2.91. The minimum Gasteiger partial charge on any atom is -0.452 e. The summed E-state index contributed by atoms with van der Waals surface area (Å²) in [4.78, 5) is 24.1. The summed E-state index contributed by atoms with van der Waals surface area (Å²) in [6.07, 6.45) is 6.51. The van der Waals surface area contributed by atoms with Gasteiger partial charge in [0.25, 0.3) is 5.91 Å². The van der Waals surface area contributed by atoms with E-state index < -0.39 is 16.0 Å². The van der Waals surface area contributed by atoms with E-state index in [2.05, 4.69) is 10.0 Å². The normalized spacial score (nSPS) is 16.0. The second-order valence-electron chi connectivity index (χ2n) is 7.13. The van der Waals surface area contributed by atoms with Crippen molar-refractivity contribution < 1.29 is 22.7 Å². The lowest BCUT2D eigenvalue weighted by Crippen LogP contribution is -2.37. The molecule has 1 aromatic carbocycles. The second kappa shape index (κ2) is 9.85. The molecular formula is C19H28N2O5S. The average molecular weight is 397 g/mol. The van der Waals surface area contributed by atoms with E-state index in [0.717, 1.165) is 25.7 Å². The van der Waals surface area contributed by atoms with Crippen molar-refractivity contribution in [2.75, 3.05) is 6.61 Å². The Morgan fingerprint density at radius 2 is 1.67 bits per heavy atom. The van der Waals surface area contributed by atoms with Crippen LogP contribution < -0.4 is 10.0 Å². The lowest BCUT2D eigenvalue weighted by atomic mass is 10.1. The van der Waals surface area contributed by atoms with E-state index in [1.807, 2.05) is 0 Å². The Hall–Kier alpha value is -1.93. The van der Waals surface area contributed by atoms with E-state index in [1.54, 1.807) is 13.8 Å². The molecule has 1 aliphatic carbocycles. The summed E-state index contributed by atoms with van der Waals surface area (Å²) in [5.74, 6) is -0.970. The monoisotopic (exact) mass is 396 g/mol. The molecule has 0 atom stereocenters. The highest BCUT2D eigenvalue weighted by molar-refractivity contribution is 7.89. The first-order valence-corrected chi connectivity index (χ1v) is 10.8. The quantitative estimate of drug-likeness (QED) is 0.544. The van der Waals surface area contributed by atoms with Crippen molar-refractivity contribution in [1.82, 2.24) is 10.0 Å². The molecule has 2 rings (SSSR count). The van der Waals surface area contributed by atoms with Crippen molar-refractivity contribution in [3.63, 3.8) is 0 Å². The minimum absolute atomic E-state index is 0.0684. The van der Waals surface area contributed by atoms with E-state index in [4.69, 9.17) is 4.74 Å². The Balaban J connectivity index is 1.85. The van der Waals surface area contributed by atoms with Gasteiger partial charge in [0, 0.05) is 12.1 Å². The molecule has 0 bridgehead atoms. The number of amides is 1. The molecule has 1 saturated carbocycles. The van der Waals surface area contributed by atoms with Gasteiger partial charge in [-0.25, -0.2) is 17.9 Å². The smallest absolute Gasteiger partial charge is 0.338 e. The molecule has 1 aliphatic rings. The van der Waals surface area contributed by atoms with Crippen LogP contribution >= 0.6 is 0 Å². The zero-order valence-corrected chi connectivity index (χ0v) is 16.7. The molecule has 0 aliphatic heterocycles. The molecule has 27 heavy (non-hydrogen) atoms. The van der Waals surface area contributed by atoms with E-state index >= 15 is 0 Å². The lowest BCUT2D eigenvalue weighted by Gasteiger charge is -2.16. The molecule has 150 valence electrons. The summed E-state index contributed by atoms with van der Waals surface area (Å²) >= 11 is 0. The molecule has 0 spiro atoms. The maximum absolute atomic E-state index is 12.1. The van der Waals surface area contributed by atoms with Crippen LogP contribution in [0.3, 0.4) is 0 Å². The van der Waals surface area contributed by atoms with Crippen LogP contribution in [0.2, 0.25) is 0 Å². The summed E-state index contributed by atoms with van der Waals surface area (Å²) < 4.78 is 31.7. The molecule has 0 unspecified atom stereocenters. The van der Waals surface area contributed by atoms with Gasteiger partial charge in [-0.2, -0.15) is 0 Å². The molecule has 0 radical (unpaired) electrons. The maximum atomic E-state index is 12.1. The summed E-state index contributed by atoms with van der Waals surface area (Å²) in [5.41, 5.74) is 0.195. The standard InChI is InChI=1S/C19H28N2O5S/c1-14(2)21-27(24,25)17-11-9-15(10-12-17)19(23)26-13-18(22)20-16-7-5-3-4-6-8-16/h9-12,14,16,21H,3-8,13H2,1-2H3,(H,20,22). The van der Waals surface area contributed by atoms with Gasteiger partial charge in [-0.3, -0.25) is 4.79 Å². The average Bonchev–Trinajstić information content (AvgIpc) is 2.87. The van der Waals surface area contributed by atoms with Gasteiger partial charge in [-0.1, -0.05) is 25.7 Å². The highest BCUT2D eigenvalue weighted by Crippen LogP contribution is 2.17.